The average molecular weight is 469 g/mol. The lowest BCUT2D eigenvalue weighted by Crippen LogP contribution is -2.19. The SMILES string of the molecule is COc1ccc(N=C2NC(=O)/C(=C\c3ccc(OCc4c(F)cccc4Cl)cc3)S2)cc1. The molecule has 1 aliphatic heterocycles. The molecule has 1 N–H and O–H groups in total. The first-order valence-electron chi connectivity index (χ1n) is 9.61. The number of thioether (sulfide) groups is 1. The summed E-state index contributed by atoms with van der Waals surface area (Å²) in [6.07, 6.45) is 1.77. The van der Waals surface area contributed by atoms with E-state index in [0.717, 1.165) is 11.3 Å². The van der Waals surface area contributed by atoms with Crippen molar-refractivity contribution in [1.82, 2.24) is 5.32 Å². The summed E-state index contributed by atoms with van der Waals surface area (Å²) in [5.41, 5.74) is 1.85. The van der Waals surface area contributed by atoms with Crippen LogP contribution in [0.4, 0.5) is 10.1 Å². The van der Waals surface area contributed by atoms with Crippen LogP contribution in [0.2, 0.25) is 5.02 Å². The van der Waals surface area contributed by atoms with Gasteiger partial charge in [-0.3, -0.25) is 4.79 Å². The summed E-state index contributed by atoms with van der Waals surface area (Å²) in [5, 5.41) is 3.59. The molecule has 1 heterocycles. The van der Waals surface area contributed by atoms with Gasteiger partial charge in [0.05, 0.1) is 22.7 Å². The van der Waals surface area contributed by atoms with E-state index in [1.807, 2.05) is 24.3 Å². The predicted octanol–water partition coefficient (Wildman–Crippen LogP) is 5.96. The molecule has 0 bridgehead atoms. The summed E-state index contributed by atoms with van der Waals surface area (Å²) in [4.78, 5) is 17.3. The predicted molar refractivity (Wildman–Crippen MR) is 126 cm³/mol. The van der Waals surface area contributed by atoms with Crippen LogP contribution in [-0.2, 0) is 11.4 Å². The number of aliphatic imine (C=N–C) groups is 1. The number of carbonyl (C=O) groups excluding carboxylic acids is 1. The van der Waals surface area contributed by atoms with E-state index in [2.05, 4.69) is 10.3 Å². The van der Waals surface area contributed by atoms with Gasteiger partial charge in [-0.25, -0.2) is 9.38 Å². The van der Waals surface area contributed by atoms with Crippen molar-refractivity contribution in [1.29, 1.82) is 0 Å². The van der Waals surface area contributed by atoms with E-state index in [1.54, 1.807) is 49.6 Å². The van der Waals surface area contributed by atoms with Crippen molar-refractivity contribution >= 4 is 46.2 Å². The number of amidine groups is 1. The molecule has 1 amide bonds. The second-order valence-electron chi connectivity index (χ2n) is 6.74. The van der Waals surface area contributed by atoms with Crippen LogP contribution in [0.5, 0.6) is 11.5 Å². The first kappa shape index (κ1) is 21.9. The second kappa shape index (κ2) is 9.89. The summed E-state index contributed by atoms with van der Waals surface area (Å²) in [6, 6.07) is 18.9. The molecular formula is C24H18ClFN2O3S. The van der Waals surface area contributed by atoms with Gasteiger partial charge in [-0.05, 0) is 71.9 Å². The van der Waals surface area contributed by atoms with Crippen molar-refractivity contribution < 1.29 is 18.7 Å². The van der Waals surface area contributed by atoms with Gasteiger partial charge in [-0.1, -0.05) is 29.8 Å². The lowest BCUT2D eigenvalue weighted by Gasteiger charge is -2.09. The van der Waals surface area contributed by atoms with Crippen LogP contribution in [0.1, 0.15) is 11.1 Å². The minimum Gasteiger partial charge on any atom is -0.497 e. The van der Waals surface area contributed by atoms with Crippen molar-refractivity contribution in [3.05, 3.63) is 93.6 Å². The Bertz CT molecular complexity index is 1170. The molecule has 32 heavy (non-hydrogen) atoms. The van der Waals surface area contributed by atoms with Gasteiger partial charge in [0, 0.05) is 5.56 Å². The number of benzene rings is 3. The maximum absolute atomic E-state index is 13.9. The van der Waals surface area contributed by atoms with Crippen molar-refractivity contribution in [3.63, 3.8) is 0 Å². The molecule has 8 heteroatoms. The fraction of sp³-hybridized carbons (Fsp3) is 0.0833. The highest BCUT2D eigenvalue weighted by molar-refractivity contribution is 8.18. The molecule has 1 saturated heterocycles. The Balaban J connectivity index is 1.41. The van der Waals surface area contributed by atoms with Crippen LogP contribution in [0.3, 0.4) is 0 Å². The van der Waals surface area contributed by atoms with E-state index in [9.17, 15) is 9.18 Å². The summed E-state index contributed by atoms with van der Waals surface area (Å²) in [6.45, 7) is 0.0232. The lowest BCUT2D eigenvalue weighted by molar-refractivity contribution is -0.115. The summed E-state index contributed by atoms with van der Waals surface area (Å²) in [5.74, 6) is 0.686. The zero-order valence-electron chi connectivity index (χ0n) is 17.0. The van der Waals surface area contributed by atoms with Gasteiger partial charge >= 0.3 is 0 Å². The summed E-state index contributed by atoms with van der Waals surface area (Å²) < 4.78 is 24.6. The number of hydrogen-bond donors (Lipinski definition) is 1. The second-order valence-corrected chi connectivity index (χ2v) is 8.18. The third-order valence-electron chi connectivity index (χ3n) is 4.58. The number of rotatable bonds is 6. The van der Waals surface area contributed by atoms with E-state index < -0.39 is 5.82 Å². The molecule has 3 aromatic rings. The van der Waals surface area contributed by atoms with Crippen molar-refractivity contribution in [2.24, 2.45) is 4.99 Å². The standard InChI is InChI=1S/C24H18ClFN2O3S/c1-30-17-11-7-16(8-12-17)27-24-28-23(29)22(32-24)13-15-5-9-18(10-6-15)31-14-19-20(25)3-2-4-21(19)26/h2-13H,14H2,1H3,(H,27,28,29)/b22-13+. The average Bonchev–Trinajstić information content (AvgIpc) is 3.13. The molecular weight excluding hydrogens is 451 g/mol. The van der Waals surface area contributed by atoms with Gasteiger partial charge in [0.1, 0.15) is 23.9 Å². The Morgan fingerprint density at radius 3 is 2.47 bits per heavy atom. The maximum atomic E-state index is 13.9. The topological polar surface area (TPSA) is 59.9 Å². The fourth-order valence-corrected chi connectivity index (χ4v) is 3.95. The summed E-state index contributed by atoms with van der Waals surface area (Å²) in [7, 11) is 1.60. The normalized spacial score (nSPS) is 15.8. The molecule has 0 radical (unpaired) electrons. The quantitative estimate of drug-likeness (QED) is 0.453. The largest absolute Gasteiger partial charge is 0.497 e. The molecule has 162 valence electrons. The maximum Gasteiger partial charge on any atom is 0.264 e. The van der Waals surface area contributed by atoms with Crippen molar-refractivity contribution in [2.75, 3.05) is 7.11 Å². The Hall–Kier alpha value is -3.29. The minimum absolute atomic E-state index is 0.0232. The van der Waals surface area contributed by atoms with Crippen molar-refractivity contribution in [2.45, 2.75) is 6.61 Å². The van der Waals surface area contributed by atoms with Crippen LogP contribution in [0, 0.1) is 5.82 Å². The Morgan fingerprint density at radius 2 is 1.78 bits per heavy atom. The van der Waals surface area contributed by atoms with Gasteiger partial charge in [-0.15, -0.1) is 0 Å². The van der Waals surface area contributed by atoms with Crippen LogP contribution < -0.4 is 14.8 Å². The molecule has 1 fully saturated rings. The number of halogens is 2. The third-order valence-corrected chi connectivity index (χ3v) is 5.84. The van der Waals surface area contributed by atoms with Crippen LogP contribution in [0.25, 0.3) is 6.08 Å². The van der Waals surface area contributed by atoms with E-state index in [-0.39, 0.29) is 12.5 Å². The highest BCUT2D eigenvalue weighted by atomic mass is 35.5. The number of methoxy groups -OCH3 is 1. The highest BCUT2D eigenvalue weighted by Gasteiger charge is 2.23. The van der Waals surface area contributed by atoms with Crippen LogP contribution in [0.15, 0.2) is 76.6 Å². The molecule has 0 aromatic heterocycles. The van der Waals surface area contributed by atoms with Gasteiger partial charge in [0.25, 0.3) is 5.91 Å². The monoisotopic (exact) mass is 468 g/mol. The van der Waals surface area contributed by atoms with Gasteiger partial charge < -0.3 is 14.8 Å². The van der Waals surface area contributed by atoms with Crippen LogP contribution >= 0.6 is 23.4 Å². The smallest absolute Gasteiger partial charge is 0.264 e. The van der Waals surface area contributed by atoms with E-state index >= 15 is 0 Å². The number of nitrogens with zero attached hydrogens (tertiary/aromatic N) is 1. The van der Waals surface area contributed by atoms with Gasteiger partial charge in [0.2, 0.25) is 0 Å². The molecule has 0 atom stereocenters. The number of ether oxygens (including phenoxy) is 2. The molecule has 4 rings (SSSR count). The van der Waals surface area contributed by atoms with Gasteiger partial charge in [0.15, 0.2) is 5.17 Å². The fourth-order valence-electron chi connectivity index (χ4n) is 2.89. The highest BCUT2D eigenvalue weighted by Crippen LogP contribution is 2.29. The first-order chi connectivity index (χ1) is 15.5. The van der Waals surface area contributed by atoms with E-state index in [4.69, 9.17) is 21.1 Å². The molecule has 5 nitrogen and oxygen atoms in total. The number of hydrogen-bond acceptors (Lipinski definition) is 5. The zero-order chi connectivity index (χ0) is 22.5. The zero-order valence-corrected chi connectivity index (χ0v) is 18.5. The lowest BCUT2D eigenvalue weighted by atomic mass is 10.2. The molecule has 1 aliphatic rings. The Kier molecular flexibility index (Phi) is 6.78. The first-order valence-corrected chi connectivity index (χ1v) is 10.8. The van der Waals surface area contributed by atoms with Crippen molar-refractivity contribution in [3.8, 4) is 11.5 Å². The van der Waals surface area contributed by atoms with E-state index in [0.29, 0.717) is 32.1 Å². The number of nitrogens with one attached hydrogen (secondary N) is 1. The molecule has 0 spiro atoms. The molecule has 0 saturated carbocycles. The van der Waals surface area contributed by atoms with Gasteiger partial charge in [-0.2, -0.15) is 0 Å². The number of amides is 1. The number of carbonyl (C=O) groups is 1. The summed E-state index contributed by atoms with van der Waals surface area (Å²) >= 11 is 7.29. The van der Waals surface area contributed by atoms with E-state index in [1.165, 1.54) is 17.8 Å². The minimum atomic E-state index is -0.407. The third kappa shape index (κ3) is 5.30. The Labute approximate surface area is 193 Å². The Morgan fingerprint density at radius 1 is 1.06 bits per heavy atom. The molecule has 3 aromatic carbocycles. The molecule has 0 aliphatic carbocycles. The molecule has 0 unspecified atom stereocenters. The van der Waals surface area contributed by atoms with Crippen LogP contribution in [-0.4, -0.2) is 18.2 Å².